The summed E-state index contributed by atoms with van der Waals surface area (Å²) in [5.41, 5.74) is 0. The van der Waals surface area contributed by atoms with Gasteiger partial charge in [-0.25, -0.2) is 4.98 Å². The van der Waals surface area contributed by atoms with Crippen LogP contribution in [-0.4, -0.2) is 16.9 Å². The number of halogens is 5. The van der Waals surface area contributed by atoms with Gasteiger partial charge in [-0.3, -0.25) is 4.79 Å². The van der Waals surface area contributed by atoms with Crippen LogP contribution in [0.3, 0.4) is 0 Å². The lowest BCUT2D eigenvalue weighted by Crippen LogP contribution is -2.23. The third kappa shape index (κ3) is 4.35. The summed E-state index contributed by atoms with van der Waals surface area (Å²) in [6, 6.07) is 3.13. The average molecular weight is 330 g/mol. The lowest BCUT2D eigenvalue weighted by molar-refractivity contribution is -0.165. The molecule has 1 aromatic heterocycles. The third-order valence-electron chi connectivity index (χ3n) is 1.55. The van der Waals surface area contributed by atoms with E-state index in [9.17, 15) is 18.0 Å². The minimum atomic E-state index is -4.98. The number of carbonyl (C=O) groups is 1. The summed E-state index contributed by atoms with van der Waals surface area (Å²) in [6.45, 7) is 0. The maximum Gasteiger partial charge on any atom is 0.455 e. The lowest BCUT2D eigenvalue weighted by atomic mass is 10.3. The molecule has 0 atom stereocenters. The second kappa shape index (κ2) is 5.50. The number of rotatable bonds is 3. The molecule has 0 fully saturated rings. The number of anilines is 1. The Balaban J connectivity index is 2.71. The van der Waals surface area contributed by atoms with Crippen LogP contribution in [0.5, 0.6) is 0 Å². The summed E-state index contributed by atoms with van der Waals surface area (Å²) in [5, 5.41) is 1.42. The van der Waals surface area contributed by atoms with Crippen LogP contribution < -0.4 is 5.32 Å². The van der Waals surface area contributed by atoms with Crippen molar-refractivity contribution in [2.45, 2.75) is 6.18 Å². The second-order valence-electron chi connectivity index (χ2n) is 2.83. The molecular weight excluding hydrogens is 324 g/mol. The first-order valence-electron chi connectivity index (χ1n) is 4.16. The maximum atomic E-state index is 12.0. The SMILES string of the molecule is O=C(/C(Cl)=C/Nc1ccc(Br)cn1)C(F)(F)F. The highest BCUT2D eigenvalue weighted by Gasteiger charge is 2.40. The Morgan fingerprint density at radius 2 is 2.12 bits per heavy atom. The Labute approximate surface area is 108 Å². The molecule has 0 aliphatic rings. The number of Topliss-reactive ketones (excluding diaryl/α,β-unsaturated/α-hetero) is 1. The van der Waals surface area contributed by atoms with Crippen LogP contribution >= 0.6 is 27.5 Å². The van der Waals surface area contributed by atoms with Gasteiger partial charge in [-0.1, -0.05) is 11.6 Å². The molecule has 0 unspecified atom stereocenters. The van der Waals surface area contributed by atoms with Gasteiger partial charge in [-0.15, -0.1) is 0 Å². The van der Waals surface area contributed by atoms with Crippen LogP contribution in [0.4, 0.5) is 19.0 Å². The highest BCUT2D eigenvalue weighted by molar-refractivity contribution is 9.10. The van der Waals surface area contributed by atoms with Crippen LogP contribution in [0.1, 0.15) is 0 Å². The molecular formula is C9H5BrClF3N2O. The molecule has 1 heterocycles. The summed E-state index contributed by atoms with van der Waals surface area (Å²) >= 11 is 8.33. The van der Waals surface area contributed by atoms with Crippen molar-refractivity contribution in [3.8, 4) is 0 Å². The Morgan fingerprint density at radius 3 is 2.59 bits per heavy atom. The Kier molecular flexibility index (Phi) is 4.53. The van der Waals surface area contributed by atoms with Crippen molar-refractivity contribution < 1.29 is 18.0 Å². The fraction of sp³-hybridized carbons (Fsp3) is 0.111. The monoisotopic (exact) mass is 328 g/mol. The molecule has 1 rings (SSSR count). The van der Waals surface area contributed by atoms with Crippen molar-refractivity contribution in [2.75, 3.05) is 5.32 Å². The van der Waals surface area contributed by atoms with E-state index in [0.717, 1.165) is 6.20 Å². The van der Waals surface area contributed by atoms with E-state index >= 15 is 0 Å². The minimum absolute atomic E-state index is 0.265. The summed E-state index contributed by atoms with van der Waals surface area (Å²) in [4.78, 5) is 14.5. The number of allylic oxidation sites excluding steroid dienone is 1. The number of carbonyl (C=O) groups excluding carboxylic acids is 1. The van der Waals surface area contributed by atoms with Crippen molar-refractivity contribution in [1.82, 2.24) is 4.98 Å². The lowest BCUT2D eigenvalue weighted by Gasteiger charge is -2.04. The Bertz CT molecular complexity index is 445. The molecule has 0 spiro atoms. The molecule has 0 bridgehead atoms. The van der Waals surface area contributed by atoms with Gasteiger partial charge in [0.05, 0.1) is 0 Å². The topological polar surface area (TPSA) is 42.0 Å². The van der Waals surface area contributed by atoms with Crippen LogP contribution in [-0.2, 0) is 4.79 Å². The maximum absolute atomic E-state index is 12.0. The first kappa shape index (κ1) is 14.0. The standard InChI is InChI=1S/C9H5BrClF3N2O/c10-5-1-2-7(15-3-5)16-4-6(11)8(17)9(12,13)14/h1-4H,(H,15,16)/b6-4-. The largest absolute Gasteiger partial charge is 0.455 e. The summed E-state index contributed by atoms with van der Waals surface area (Å²) < 4.78 is 36.6. The first-order chi connectivity index (χ1) is 7.80. The van der Waals surface area contributed by atoms with Crippen LogP contribution in [0, 0.1) is 0 Å². The average Bonchev–Trinajstić information content (AvgIpc) is 2.25. The molecule has 0 saturated carbocycles. The Morgan fingerprint density at radius 1 is 1.47 bits per heavy atom. The molecule has 17 heavy (non-hydrogen) atoms. The van der Waals surface area contributed by atoms with E-state index in [-0.39, 0.29) is 5.82 Å². The second-order valence-corrected chi connectivity index (χ2v) is 4.15. The van der Waals surface area contributed by atoms with Crippen LogP contribution in [0.25, 0.3) is 0 Å². The molecule has 0 saturated heterocycles. The summed E-state index contributed by atoms with van der Waals surface area (Å²) in [5.74, 6) is -1.84. The number of hydrogen-bond acceptors (Lipinski definition) is 3. The zero-order chi connectivity index (χ0) is 13.1. The molecule has 0 radical (unpaired) electrons. The van der Waals surface area contributed by atoms with E-state index in [2.05, 4.69) is 26.2 Å². The smallest absolute Gasteiger partial charge is 0.345 e. The third-order valence-corrected chi connectivity index (χ3v) is 2.30. The van der Waals surface area contributed by atoms with Gasteiger partial charge < -0.3 is 5.32 Å². The van der Waals surface area contributed by atoms with Crippen LogP contribution in [0.2, 0.25) is 0 Å². The van der Waals surface area contributed by atoms with Gasteiger partial charge in [0, 0.05) is 16.9 Å². The van der Waals surface area contributed by atoms with Gasteiger partial charge in [0.25, 0.3) is 5.78 Å². The van der Waals surface area contributed by atoms with Crippen molar-refractivity contribution in [1.29, 1.82) is 0 Å². The predicted octanol–water partition coefficient (Wildman–Crippen LogP) is 3.47. The number of ketones is 1. The van der Waals surface area contributed by atoms with Gasteiger partial charge in [-0.05, 0) is 28.1 Å². The number of nitrogens with one attached hydrogen (secondary N) is 1. The molecule has 0 aromatic carbocycles. The highest BCUT2D eigenvalue weighted by Crippen LogP contribution is 2.22. The van der Waals surface area contributed by atoms with E-state index in [1.165, 1.54) is 12.3 Å². The van der Waals surface area contributed by atoms with Gasteiger partial charge >= 0.3 is 6.18 Å². The predicted molar refractivity (Wildman–Crippen MR) is 60.6 cm³/mol. The number of pyridine rings is 1. The number of nitrogens with zero attached hydrogens (tertiary/aromatic N) is 1. The van der Waals surface area contributed by atoms with Gasteiger partial charge in [0.2, 0.25) is 0 Å². The molecule has 1 N–H and O–H groups in total. The summed E-state index contributed by atoms with van der Waals surface area (Å²) in [7, 11) is 0. The van der Waals surface area contributed by atoms with Gasteiger partial charge in [0.1, 0.15) is 10.9 Å². The van der Waals surface area contributed by atoms with Crippen molar-refractivity contribution in [3.63, 3.8) is 0 Å². The zero-order valence-corrected chi connectivity index (χ0v) is 10.4. The van der Waals surface area contributed by atoms with Gasteiger partial charge in [0.15, 0.2) is 0 Å². The van der Waals surface area contributed by atoms with E-state index in [1.807, 2.05) is 0 Å². The van der Waals surface area contributed by atoms with E-state index in [4.69, 9.17) is 11.6 Å². The highest BCUT2D eigenvalue weighted by atomic mass is 79.9. The first-order valence-corrected chi connectivity index (χ1v) is 5.33. The van der Waals surface area contributed by atoms with E-state index in [1.54, 1.807) is 6.07 Å². The van der Waals surface area contributed by atoms with E-state index in [0.29, 0.717) is 4.47 Å². The van der Waals surface area contributed by atoms with E-state index < -0.39 is 17.0 Å². The van der Waals surface area contributed by atoms with Crippen LogP contribution in [0.15, 0.2) is 34.0 Å². The molecule has 0 aliphatic heterocycles. The Hall–Kier alpha value is -1.08. The van der Waals surface area contributed by atoms with Crippen molar-refractivity contribution in [3.05, 3.63) is 34.0 Å². The molecule has 1 aromatic rings. The molecule has 0 amide bonds. The number of hydrogen-bond donors (Lipinski definition) is 1. The molecule has 92 valence electrons. The normalized spacial score (nSPS) is 12.4. The fourth-order valence-corrected chi connectivity index (χ4v) is 1.20. The molecule has 3 nitrogen and oxygen atoms in total. The fourth-order valence-electron chi connectivity index (χ4n) is 0.799. The molecule has 8 heteroatoms. The molecule has 0 aliphatic carbocycles. The number of alkyl halides is 3. The quantitative estimate of drug-likeness (QED) is 0.864. The summed E-state index contributed by atoms with van der Waals surface area (Å²) in [6.07, 6.45) is -2.80. The van der Waals surface area contributed by atoms with Crippen molar-refractivity contribution in [2.24, 2.45) is 0 Å². The minimum Gasteiger partial charge on any atom is -0.345 e. The zero-order valence-electron chi connectivity index (χ0n) is 8.05. The number of aromatic nitrogens is 1. The van der Waals surface area contributed by atoms with Gasteiger partial charge in [-0.2, -0.15) is 13.2 Å². The van der Waals surface area contributed by atoms with Crippen molar-refractivity contribution >= 4 is 39.1 Å².